The Labute approximate surface area is 190 Å². The van der Waals surface area contributed by atoms with Crippen LogP contribution in [0, 0.1) is 0 Å². The highest BCUT2D eigenvalue weighted by atomic mass is 32.1. The standard InChI is InChI=1S/C23H28N6O2S/c1-13(2)18-19(15-8-17(30-3)21-24-12-25-29(21)9-15)26-23-20(18)27-22(32-23)14-4-6-28(7-5-14)16-10-31-11-16/h8-9,12-14,16,26H,4-7,10-11H2,1-3H3. The van der Waals surface area contributed by atoms with Crippen LogP contribution in [0.5, 0.6) is 5.75 Å². The molecule has 6 rings (SSSR count). The summed E-state index contributed by atoms with van der Waals surface area (Å²) in [6.07, 6.45) is 5.91. The highest BCUT2D eigenvalue weighted by molar-refractivity contribution is 7.18. The number of rotatable bonds is 5. The Morgan fingerprint density at radius 3 is 2.75 bits per heavy atom. The van der Waals surface area contributed by atoms with Gasteiger partial charge in [0, 0.05) is 23.2 Å². The van der Waals surface area contributed by atoms with Crippen molar-refractivity contribution in [3.05, 3.63) is 29.2 Å². The molecule has 32 heavy (non-hydrogen) atoms. The van der Waals surface area contributed by atoms with Crippen LogP contribution in [0.4, 0.5) is 0 Å². The number of methoxy groups -OCH3 is 1. The molecular formula is C23H28N6O2S. The second-order valence-electron chi connectivity index (χ2n) is 9.13. The highest BCUT2D eigenvalue weighted by Crippen LogP contribution is 2.41. The van der Waals surface area contributed by atoms with Crippen molar-refractivity contribution in [3.63, 3.8) is 0 Å². The van der Waals surface area contributed by atoms with Gasteiger partial charge in [0.2, 0.25) is 0 Å². The molecule has 0 atom stereocenters. The lowest BCUT2D eigenvalue weighted by Crippen LogP contribution is -2.51. The van der Waals surface area contributed by atoms with Crippen LogP contribution in [0.25, 0.3) is 27.3 Å². The molecule has 2 aliphatic rings. The van der Waals surface area contributed by atoms with Crippen molar-refractivity contribution < 1.29 is 9.47 Å². The number of pyridine rings is 1. The lowest BCUT2D eigenvalue weighted by Gasteiger charge is -2.41. The number of hydrogen-bond acceptors (Lipinski definition) is 7. The number of fused-ring (bicyclic) bond motifs is 2. The van der Waals surface area contributed by atoms with Crippen LogP contribution in [-0.4, -0.2) is 68.9 Å². The van der Waals surface area contributed by atoms with Gasteiger partial charge >= 0.3 is 0 Å². The number of piperidine rings is 1. The first-order valence-corrected chi connectivity index (χ1v) is 12.2. The van der Waals surface area contributed by atoms with Crippen LogP contribution in [0.3, 0.4) is 0 Å². The van der Waals surface area contributed by atoms with Crippen molar-refractivity contribution in [2.75, 3.05) is 33.4 Å². The Morgan fingerprint density at radius 2 is 2.06 bits per heavy atom. The first-order chi connectivity index (χ1) is 15.6. The largest absolute Gasteiger partial charge is 0.493 e. The van der Waals surface area contributed by atoms with Crippen LogP contribution in [0.2, 0.25) is 0 Å². The maximum Gasteiger partial charge on any atom is 0.197 e. The molecule has 0 aliphatic carbocycles. The van der Waals surface area contributed by atoms with Crippen LogP contribution in [0.1, 0.15) is 49.1 Å². The second-order valence-corrected chi connectivity index (χ2v) is 10.2. The molecular weight excluding hydrogens is 424 g/mol. The van der Waals surface area contributed by atoms with E-state index in [2.05, 4.69) is 33.8 Å². The van der Waals surface area contributed by atoms with Gasteiger partial charge in [-0.25, -0.2) is 14.5 Å². The van der Waals surface area contributed by atoms with Crippen molar-refractivity contribution in [2.45, 2.75) is 44.6 Å². The maximum absolute atomic E-state index is 5.58. The number of ether oxygens (including phenoxy) is 2. The molecule has 0 unspecified atom stereocenters. The third-order valence-corrected chi connectivity index (χ3v) is 7.98. The third kappa shape index (κ3) is 3.22. The minimum atomic E-state index is 0.339. The van der Waals surface area contributed by atoms with E-state index >= 15 is 0 Å². The van der Waals surface area contributed by atoms with Gasteiger partial charge in [-0.05, 0) is 37.9 Å². The van der Waals surface area contributed by atoms with Gasteiger partial charge in [0.05, 0.1) is 37.1 Å². The second kappa shape index (κ2) is 7.83. The smallest absolute Gasteiger partial charge is 0.197 e. The zero-order valence-electron chi connectivity index (χ0n) is 18.7. The summed E-state index contributed by atoms with van der Waals surface area (Å²) in [4.78, 5) is 16.9. The molecule has 0 aromatic carbocycles. The summed E-state index contributed by atoms with van der Waals surface area (Å²) in [5.74, 6) is 1.60. The molecule has 2 fully saturated rings. The van der Waals surface area contributed by atoms with Crippen LogP contribution in [-0.2, 0) is 4.74 Å². The zero-order valence-corrected chi connectivity index (χ0v) is 19.5. The number of aromatic amines is 1. The average Bonchev–Trinajstić information content (AvgIpc) is 3.45. The Hall–Kier alpha value is -2.49. The Bertz CT molecular complexity index is 1260. The van der Waals surface area contributed by atoms with Gasteiger partial charge < -0.3 is 14.5 Å². The summed E-state index contributed by atoms with van der Waals surface area (Å²) in [7, 11) is 1.67. The van der Waals surface area contributed by atoms with E-state index in [1.54, 1.807) is 18.0 Å². The minimum Gasteiger partial charge on any atom is -0.493 e. The van der Waals surface area contributed by atoms with Gasteiger partial charge in [0.25, 0.3) is 0 Å². The van der Waals surface area contributed by atoms with Crippen LogP contribution < -0.4 is 4.74 Å². The van der Waals surface area contributed by atoms with Gasteiger partial charge in [-0.1, -0.05) is 13.8 Å². The Kier molecular flexibility index (Phi) is 4.93. The van der Waals surface area contributed by atoms with E-state index in [-0.39, 0.29) is 0 Å². The van der Waals surface area contributed by atoms with E-state index < -0.39 is 0 Å². The third-order valence-electron chi connectivity index (χ3n) is 6.85. The predicted octanol–water partition coefficient (Wildman–Crippen LogP) is 4.04. The zero-order chi connectivity index (χ0) is 21.8. The first kappa shape index (κ1) is 20.1. The van der Waals surface area contributed by atoms with Gasteiger partial charge in [-0.15, -0.1) is 11.3 Å². The van der Waals surface area contributed by atoms with Crippen molar-refractivity contribution in [3.8, 4) is 17.0 Å². The summed E-state index contributed by atoms with van der Waals surface area (Å²) in [5.41, 5.74) is 5.22. The maximum atomic E-state index is 5.58. The van der Waals surface area contributed by atoms with Gasteiger partial charge in [0.15, 0.2) is 11.4 Å². The summed E-state index contributed by atoms with van der Waals surface area (Å²) in [5, 5.41) is 5.59. The number of nitrogens with one attached hydrogen (secondary N) is 1. The van der Waals surface area contributed by atoms with Crippen molar-refractivity contribution >= 4 is 27.3 Å². The van der Waals surface area contributed by atoms with E-state index in [0.717, 1.165) is 53.6 Å². The molecule has 4 aromatic rings. The molecule has 0 spiro atoms. The quantitative estimate of drug-likeness (QED) is 0.492. The lowest BCUT2D eigenvalue weighted by molar-refractivity contribution is -0.0712. The fourth-order valence-corrected chi connectivity index (χ4v) is 6.15. The minimum absolute atomic E-state index is 0.339. The van der Waals surface area contributed by atoms with Crippen LogP contribution in [0.15, 0.2) is 18.6 Å². The number of aromatic nitrogens is 5. The van der Waals surface area contributed by atoms with Crippen molar-refractivity contribution in [1.82, 2.24) is 29.5 Å². The van der Waals surface area contributed by atoms with E-state index in [0.29, 0.717) is 23.6 Å². The average molecular weight is 453 g/mol. The molecule has 6 heterocycles. The number of hydrogen-bond donors (Lipinski definition) is 1. The summed E-state index contributed by atoms with van der Waals surface area (Å²) in [6, 6.07) is 2.67. The molecule has 0 saturated carbocycles. The van der Waals surface area contributed by atoms with E-state index in [4.69, 9.17) is 14.5 Å². The number of thiazole rings is 1. The van der Waals surface area contributed by atoms with Crippen molar-refractivity contribution in [2.24, 2.45) is 0 Å². The topological polar surface area (TPSA) is 80.6 Å². The van der Waals surface area contributed by atoms with Crippen LogP contribution >= 0.6 is 11.3 Å². The SMILES string of the molecule is COc1cc(-c2[nH]c3sc(C4CCN(C5COC5)CC4)nc3c2C(C)C)cn2ncnc12. The summed E-state index contributed by atoms with van der Waals surface area (Å²) < 4.78 is 12.7. The van der Waals surface area contributed by atoms with E-state index in [9.17, 15) is 0 Å². The van der Waals surface area contributed by atoms with E-state index in [1.165, 1.54) is 23.4 Å². The Morgan fingerprint density at radius 1 is 1.25 bits per heavy atom. The molecule has 2 saturated heterocycles. The monoisotopic (exact) mass is 452 g/mol. The molecule has 8 nitrogen and oxygen atoms in total. The lowest BCUT2D eigenvalue weighted by atomic mass is 9.96. The molecule has 1 N–H and O–H groups in total. The predicted molar refractivity (Wildman–Crippen MR) is 125 cm³/mol. The number of nitrogens with zero attached hydrogens (tertiary/aromatic N) is 5. The van der Waals surface area contributed by atoms with Gasteiger partial charge in [-0.3, -0.25) is 4.90 Å². The van der Waals surface area contributed by atoms with E-state index in [1.807, 2.05) is 23.6 Å². The van der Waals surface area contributed by atoms with Gasteiger partial charge in [0.1, 0.15) is 16.7 Å². The summed E-state index contributed by atoms with van der Waals surface area (Å²) in [6.45, 7) is 8.55. The molecule has 168 valence electrons. The first-order valence-electron chi connectivity index (χ1n) is 11.3. The Balaban J connectivity index is 1.34. The van der Waals surface area contributed by atoms with Gasteiger partial charge in [-0.2, -0.15) is 5.10 Å². The van der Waals surface area contributed by atoms with Crippen molar-refractivity contribution in [1.29, 1.82) is 0 Å². The molecule has 9 heteroatoms. The fourth-order valence-electron chi connectivity index (χ4n) is 5.00. The molecule has 0 bridgehead atoms. The highest BCUT2D eigenvalue weighted by Gasteiger charge is 2.32. The number of likely N-dealkylation sites (tertiary alicyclic amines) is 1. The molecule has 4 aromatic heterocycles. The molecule has 2 aliphatic heterocycles. The number of H-pyrrole nitrogens is 1. The normalized spacial score (nSPS) is 18.8. The molecule has 0 radical (unpaired) electrons. The fraction of sp³-hybridized carbons (Fsp3) is 0.522. The molecule has 0 amide bonds. The summed E-state index contributed by atoms with van der Waals surface area (Å²) >= 11 is 1.82.